The predicted molar refractivity (Wildman–Crippen MR) is 132 cm³/mol. The van der Waals surface area contributed by atoms with Gasteiger partial charge >= 0.3 is 6.18 Å². The van der Waals surface area contributed by atoms with E-state index in [4.69, 9.17) is 32.7 Å². The second kappa shape index (κ2) is 10.9. The Morgan fingerprint density at radius 2 is 1.68 bits per heavy atom. The molecular weight excluding hydrogens is 532 g/mol. The third kappa shape index (κ3) is 5.54. The van der Waals surface area contributed by atoms with Crippen molar-refractivity contribution in [3.05, 3.63) is 86.0 Å². The molecule has 3 atom stereocenters. The Hall–Kier alpha value is -2.87. The van der Waals surface area contributed by atoms with Gasteiger partial charge in [0.05, 0.1) is 11.6 Å². The second-order valence-electron chi connectivity index (χ2n) is 8.51. The Kier molecular flexibility index (Phi) is 8.42. The molecule has 3 aromatic rings. The number of nitriles is 1. The number of aryl methyl sites for hydroxylation is 2. The molecule has 0 fully saturated rings. The van der Waals surface area contributed by atoms with E-state index in [0.29, 0.717) is 16.7 Å². The minimum atomic E-state index is -5.07. The van der Waals surface area contributed by atoms with E-state index in [1.807, 2.05) is 6.07 Å². The summed E-state index contributed by atoms with van der Waals surface area (Å²) in [6.45, 7) is 4.24. The Labute approximate surface area is 221 Å². The van der Waals surface area contributed by atoms with E-state index in [9.17, 15) is 28.6 Å². The molecule has 3 rings (SSSR count). The summed E-state index contributed by atoms with van der Waals surface area (Å²) in [4.78, 5) is 4.02. The summed E-state index contributed by atoms with van der Waals surface area (Å²) in [7, 11) is 1.30. The van der Waals surface area contributed by atoms with Crippen LogP contribution >= 0.6 is 23.2 Å². The molecule has 0 aliphatic carbocycles. The lowest BCUT2D eigenvalue weighted by Gasteiger charge is -2.37. The lowest BCUT2D eigenvalue weighted by Crippen LogP contribution is -2.46. The number of pyridine rings is 1. The van der Waals surface area contributed by atoms with E-state index in [1.54, 1.807) is 0 Å². The maximum Gasteiger partial charge on any atom is 0.422 e. The zero-order valence-corrected chi connectivity index (χ0v) is 21.7. The zero-order chi connectivity index (χ0) is 27.7. The molecule has 0 spiro atoms. The first-order valence-corrected chi connectivity index (χ1v) is 11.6. The molecule has 1 unspecified atom stereocenters. The monoisotopic (exact) mass is 554 g/mol. The van der Waals surface area contributed by atoms with E-state index in [2.05, 4.69) is 4.98 Å². The Morgan fingerprint density at radius 3 is 2.16 bits per heavy atom. The number of aliphatic hydroxyl groups is 2. The molecule has 0 saturated carbocycles. The number of alkyl halides is 3. The van der Waals surface area contributed by atoms with E-state index >= 15 is 0 Å². The number of halogens is 5. The molecule has 11 heteroatoms. The van der Waals surface area contributed by atoms with Gasteiger partial charge in [-0.25, -0.2) is 4.98 Å². The maximum absolute atomic E-state index is 14.4. The van der Waals surface area contributed by atoms with Crippen LogP contribution in [0.5, 0.6) is 11.6 Å². The van der Waals surface area contributed by atoms with Gasteiger partial charge in [-0.2, -0.15) is 18.4 Å². The molecule has 0 bridgehead atoms. The fourth-order valence-electron chi connectivity index (χ4n) is 4.06. The molecule has 0 saturated heterocycles. The molecule has 37 heavy (non-hydrogen) atoms. The molecule has 2 aromatic carbocycles. The summed E-state index contributed by atoms with van der Waals surface area (Å²) in [5, 5.41) is 30.1. The largest absolute Gasteiger partial charge is 0.437 e. The summed E-state index contributed by atoms with van der Waals surface area (Å²) in [5.74, 6) is -1.42. The average molecular weight is 555 g/mol. The fourth-order valence-corrected chi connectivity index (χ4v) is 4.61. The van der Waals surface area contributed by atoms with Crippen LogP contribution in [0.1, 0.15) is 52.5 Å². The standard InChI is InChI=1S/C26H23Cl2F3N2O4/c1-13-7-17(8-14(2)20(13)11-32)25(35,26(29,30)31)15(3)19-6-5-18(10-21(19)27)37-23-22(28)9-16(12-33-23)24(34)36-4/h5-10,12,15,24,34-35H,1-4H3/t15-,24?,25-/m0/s1. The predicted octanol–water partition coefficient (Wildman–Crippen LogP) is 6.86. The first-order chi connectivity index (χ1) is 17.2. The summed E-state index contributed by atoms with van der Waals surface area (Å²) in [5.41, 5.74) is -2.50. The van der Waals surface area contributed by atoms with E-state index < -0.39 is 29.5 Å². The quantitative estimate of drug-likeness (QED) is 0.310. The van der Waals surface area contributed by atoms with E-state index in [0.717, 1.165) is 0 Å². The van der Waals surface area contributed by atoms with Crippen LogP contribution in [0, 0.1) is 25.2 Å². The van der Waals surface area contributed by atoms with E-state index in [1.165, 1.54) is 70.5 Å². The fraction of sp³-hybridized carbons (Fsp3) is 0.308. The SMILES string of the molecule is COC(O)c1cnc(Oc2ccc([C@H](C)[C@](O)(c3cc(C)c(C#N)c(C)c3)C(F)(F)F)c(Cl)c2)c(Cl)c1. The van der Waals surface area contributed by atoms with Gasteiger partial charge < -0.3 is 19.7 Å². The van der Waals surface area contributed by atoms with Crippen LogP contribution in [0.25, 0.3) is 0 Å². The number of ether oxygens (including phenoxy) is 2. The Balaban J connectivity index is 1.99. The highest BCUT2D eigenvalue weighted by Crippen LogP contribution is 2.50. The highest BCUT2D eigenvalue weighted by molar-refractivity contribution is 6.32. The number of aliphatic hydroxyl groups excluding tert-OH is 1. The lowest BCUT2D eigenvalue weighted by molar-refractivity contribution is -0.274. The number of benzene rings is 2. The second-order valence-corrected chi connectivity index (χ2v) is 9.33. The Bertz CT molecular complexity index is 1340. The topological polar surface area (TPSA) is 95.6 Å². The molecule has 0 aliphatic heterocycles. The van der Waals surface area contributed by atoms with Gasteiger partial charge in [-0.3, -0.25) is 0 Å². The van der Waals surface area contributed by atoms with Gasteiger partial charge in [0, 0.05) is 29.8 Å². The van der Waals surface area contributed by atoms with Crippen LogP contribution in [0.15, 0.2) is 42.6 Å². The van der Waals surface area contributed by atoms with Crippen LogP contribution in [-0.4, -0.2) is 28.5 Å². The minimum Gasteiger partial charge on any atom is -0.437 e. The number of rotatable bonds is 7. The van der Waals surface area contributed by atoms with Crippen molar-refractivity contribution in [2.24, 2.45) is 0 Å². The third-order valence-corrected chi connectivity index (χ3v) is 6.73. The molecule has 1 aromatic heterocycles. The molecular formula is C26H23Cl2F3N2O4. The first kappa shape index (κ1) is 28.7. The van der Waals surface area contributed by atoms with Crippen LogP contribution in [0.2, 0.25) is 10.0 Å². The van der Waals surface area contributed by atoms with Crippen molar-refractivity contribution in [1.82, 2.24) is 4.98 Å². The van der Waals surface area contributed by atoms with Gasteiger partial charge in [0.1, 0.15) is 10.8 Å². The third-order valence-electron chi connectivity index (χ3n) is 6.13. The number of nitrogens with zero attached hydrogens (tertiary/aromatic N) is 2. The van der Waals surface area contributed by atoms with Crippen molar-refractivity contribution in [1.29, 1.82) is 5.26 Å². The number of hydrogen-bond donors (Lipinski definition) is 2. The van der Waals surface area contributed by atoms with Crippen LogP contribution in [0.3, 0.4) is 0 Å². The molecule has 0 radical (unpaired) electrons. The van der Waals surface area contributed by atoms with Crippen LogP contribution in [-0.2, 0) is 10.3 Å². The Morgan fingerprint density at radius 1 is 1.05 bits per heavy atom. The normalized spacial score (nSPS) is 15.0. The lowest BCUT2D eigenvalue weighted by atomic mass is 9.76. The minimum absolute atomic E-state index is 0.0196. The van der Waals surface area contributed by atoms with Gasteiger partial charge in [-0.05, 0) is 54.3 Å². The number of aromatic nitrogens is 1. The molecule has 196 valence electrons. The molecule has 2 N–H and O–H groups in total. The number of methoxy groups -OCH3 is 1. The van der Waals surface area contributed by atoms with Crippen LogP contribution in [0.4, 0.5) is 13.2 Å². The number of hydrogen-bond acceptors (Lipinski definition) is 6. The zero-order valence-electron chi connectivity index (χ0n) is 20.2. The summed E-state index contributed by atoms with van der Waals surface area (Å²) in [6, 6.07) is 9.66. The molecule has 1 heterocycles. The maximum atomic E-state index is 14.4. The molecule has 0 amide bonds. The van der Waals surface area contributed by atoms with Gasteiger partial charge in [-0.15, -0.1) is 0 Å². The van der Waals surface area contributed by atoms with Crippen molar-refractivity contribution >= 4 is 23.2 Å². The first-order valence-electron chi connectivity index (χ1n) is 10.9. The summed E-state index contributed by atoms with van der Waals surface area (Å²) >= 11 is 12.5. The highest BCUT2D eigenvalue weighted by Gasteiger charge is 2.59. The van der Waals surface area contributed by atoms with Crippen molar-refractivity contribution in [3.63, 3.8) is 0 Å². The van der Waals surface area contributed by atoms with Crippen molar-refractivity contribution in [3.8, 4) is 17.7 Å². The van der Waals surface area contributed by atoms with Gasteiger partial charge in [-0.1, -0.05) is 48.3 Å². The molecule has 6 nitrogen and oxygen atoms in total. The van der Waals surface area contributed by atoms with Crippen molar-refractivity contribution in [2.75, 3.05) is 7.11 Å². The summed E-state index contributed by atoms with van der Waals surface area (Å²) in [6.07, 6.45) is -5.01. The van der Waals surface area contributed by atoms with Gasteiger partial charge in [0.15, 0.2) is 11.9 Å². The average Bonchev–Trinajstić information content (AvgIpc) is 2.83. The smallest absolute Gasteiger partial charge is 0.422 e. The molecule has 0 aliphatic rings. The van der Waals surface area contributed by atoms with Gasteiger partial charge in [0.25, 0.3) is 0 Å². The van der Waals surface area contributed by atoms with Crippen molar-refractivity contribution < 1.29 is 32.9 Å². The van der Waals surface area contributed by atoms with Crippen molar-refractivity contribution in [2.45, 2.75) is 44.8 Å². The van der Waals surface area contributed by atoms with Crippen LogP contribution < -0.4 is 4.74 Å². The van der Waals surface area contributed by atoms with E-state index in [-0.39, 0.29) is 32.8 Å². The highest BCUT2D eigenvalue weighted by atomic mass is 35.5. The summed E-state index contributed by atoms with van der Waals surface area (Å²) < 4.78 is 53.6. The van der Waals surface area contributed by atoms with Gasteiger partial charge in [0.2, 0.25) is 5.88 Å².